The minimum absolute atomic E-state index is 0. The number of benzene rings is 2. The normalized spacial score (nSPS) is 18.7. The predicted molar refractivity (Wildman–Crippen MR) is 140 cm³/mol. The number of hydrogen-bond donors (Lipinski definition) is 1. The number of anilines is 1. The topological polar surface area (TPSA) is 57.2 Å². The molecular formula is C25H32FIN4O2. The van der Waals surface area contributed by atoms with Crippen LogP contribution in [0.2, 0.25) is 0 Å². The van der Waals surface area contributed by atoms with Crippen LogP contribution >= 0.6 is 24.0 Å². The van der Waals surface area contributed by atoms with Gasteiger partial charge in [0.25, 0.3) is 0 Å². The van der Waals surface area contributed by atoms with Crippen LogP contribution in [0.25, 0.3) is 0 Å². The van der Waals surface area contributed by atoms with Crippen LogP contribution in [0.1, 0.15) is 37.7 Å². The van der Waals surface area contributed by atoms with Crippen LogP contribution in [0, 0.1) is 5.82 Å². The molecule has 2 atom stereocenters. The highest BCUT2D eigenvalue weighted by Gasteiger charge is 2.32. The maximum Gasteiger partial charge on any atom is 0.222 e. The Labute approximate surface area is 212 Å². The van der Waals surface area contributed by atoms with Crippen molar-refractivity contribution in [1.29, 1.82) is 0 Å². The van der Waals surface area contributed by atoms with Gasteiger partial charge in [-0.05, 0) is 43.5 Å². The molecule has 2 aromatic carbocycles. The summed E-state index contributed by atoms with van der Waals surface area (Å²) < 4.78 is 19.6. The van der Waals surface area contributed by atoms with Gasteiger partial charge in [-0.3, -0.25) is 9.79 Å². The summed E-state index contributed by atoms with van der Waals surface area (Å²) in [5.74, 6) is 1.26. The second-order valence-corrected chi connectivity index (χ2v) is 8.43. The van der Waals surface area contributed by atoms with Crippen LogP contribution < -0.4 is 15.0 Å². The summed E-state index contributed by atoms with van der Waals surface area (Å²) >= 11 is 0. The second-order valence-electron chi connectivity index (χ2n) is 8.43. The van der Waals surface area contributed by atoms with E-state index in [0.717, 1.165) is 44.1 Å². The summed E-state index contributed by atoms with van der Waals surface area (Å²) in [5, 5.41) is 3.38. The number of fused-ring (bicyclic) bond motifs is 1. The highest BCUT2D eigenvalue weighted by Crippen LogP contribution is 2.38. The summed E-state index contributed by atoms with van der Waals surface area (Å²) in [7, 11) is 1.77. The second kappa shape index (κ2) is 11.7. The van der Waals surface area contributed by atoms with E-state index in [0.29, 0.717) is 18.9 Å². The third-order valence-corrected chi connectivity index (χ3v) is 6.17. The van der Waals surface area contributed by atoms with Crippen molar-refractivity contribution in [3.05, 3.63) is 59.9 Å². The number of carbonyl (C=O) groups is 1. The molecule has 2 aromatic rings. The van der Waals surface area contributed by atoms with Crippen molar-refractivity contribution in [3.8, 4) is 5.75 Å². The van der Waals surface area contributed by atoms with E-state index in [9.17, 15) is 9.18 Å². The molecule has 2 aliphatic heterocycles. The Morgan fingerprint density at radius 1 is 1.24 bits per heavy atom. The molecule has 1 amide bonds. The molecule has 2 aliphatic rings. The van der Waals surface area contributed by atoms with Crippen LogP contribution in [0.15, 0.2) is 53.5 Å². The van der Waals surface area contributed by atoms with E-state index in [4.69, 9.17) is 4.74 Å². The lowest BCUT2D eigenvalue weighted by Gasteiger charge is -2.25. The summed E-state index contributed by atoms with van der Waals surface area (Å²) in [6, 6.07) is 14.8. The van der Waals surface area contributed by atoms with Crippen molar-refractivity contribution in [2.75, 3.05) is 38.1 Å². The minimum Gasteiger partial charge on any atom is -0.486 e. The molecule has 0 saturated carbocycles. The van der Waals surface area contributed by atoms with E-state index in [1.807, 2.05) is 17.9 Å². The van der Waals surface area contributed by atoms with Gasteiger partial charge in [0.15, 0.2) is 17.5 Å². The fraction of sp³-hybridized carbons (Fsp3) is 0.440. The van der Waals surface area contributed by atoms with Gasteiger partial charge in [-0.15, -0.1) is 24.0 Å². The van der Waals surface area contributed by atoms with Gasteiger partial charge in [-0.2, -0.15) is 0 Å². The first kappa shape index (κ1) is 25.3. The number of amides is 1. The standard InChI is InChI=1S/C25H31FN4O2.HI/c1-18(32-23-11-6-4-9-21(23)26)16-28-25(27-2)30-17-19(20-8-3-5-10-22(20)30)13-15-29-14-7-12-24(29)31;/h3-6,8-11,18-19H,7,12-17H2,1-2H3,(H,27,28);1H. The molecule has 2 unspecified atom stereocenters. The largest absolute Gasteiger partial charge is 0.486 e. The van der Waals surface area contributed by atoms with Crippen molar-refractivity contribution in [2.24, 2.45) is 4.99 Å². The van der Waals surface area contributed by atoms with Gasteiger partial charge in [0.2, 0.25) is 5.91 Å². The number of carbonyl (C=O) groups excluding carboxylic acids is 1. The predicted octanol–water partition coefficient (Wildman–Crippen LogP) is 4.40. The van der Waals surface area contributed by atoms with Crippen LogP contribution in [0.4, 0.5) is 10.1 Å². The van der Waals surface area contributed by atoms with E-state index in [2.05, 4.69) is 33.4 Å². The molecular weight excluding hydrogens is 534 g/mol. The SMILES string of the molecule is CN=C(NCC(C)Oc1ccccc1F)N1CC(CCN2CCCC2=O)c2ccccc21.I. The van der Waals surface area contributed by atoms with Gasteiger partial charge in [0.1, 0.15) is 6.10 Å². The van der Waals surface area contributed by atoms with E-state index < -0.39 is 0 Å². The number of nitrogens with zero attached hydrogens (tertiary/aromatic N) is 3. The molecule has 8 heteroatoms. The number of para-hydroxylation sites is 2. The molecule has 0 aliphatic carbocycles. The maximum atomic E-state index is 13.9. The number of nitrogens with one attached hydrogen (secondary N) is 1. The third-order valence-electron chi connectivity index (χ3n) is 6.17. The lowest BCUT2D eigenvalue weighted by molar-refractivity contribution is -0.127. The Kier molecular flexibility index (Phi) is 8.94. The molecule has 0 bridgehead atoms. The van der Waals surface area contributed by atoms with Crippen molar-refractivity contribution >= 4 is 41.5 Å². The lowest BCUT2D eigenvalue weighted by Crippen LogP contribution is -2.44. The molecule has 1 fully saturated rings. The molecule has 0 radical (unpaired) electrons. The number of guanidine groups is 1. The zero-order chi connectivity index (χ0) is 22.5. The van der Waals surface area contributed by atoms with Gasteiger partial charge < -0.3 is 19.9 Å². The Morgan fingerprint density at radius 2 is 2.00 bits per heavy atom. The van der Waals surface area contributed by atoms with Crippen LogP contribution in [0.3, 0.4) is 0 Å². The number of aliphatic imine (C=N–C) groups is 1. The summed E-state index contributed by atoms with van der Waals surface area (Å²) in [5.41, 5.74) is 2.43. The zero-order valence-corrected chi connectivity index (χ0v) is 21.5. The van der Waals surface area contributed by atoms with Gasteiger partial charge in [-0.1, -0.05) is 30.3 Å². The minimum atomic E-state index is -0.364. The quantitative estimate of drug-likeness (QED) is 0.307. The van der Waals surface area contributed by atoms with Crippen LogP contribution in [0.5, 0.6) is 5.75 Å². The molecule has 1 saturated heterocycles. The molecule has 6 nitrogen and oxygen atoms in total. The highest BCUT2D eigenvalue weighted by atomic mass is 127. The summed E-state index contributed by atoms with van der Waals surface area (Å²) in [6.07, 6.45) is 2.34. The van der Waals surface area contributed by atoms with E-state index in [1.54, 1.807) is 25.2 Å². The fourth-order valence-corrected chi connectivity index (χ4v) is 4.52. The molecule has 4 rings (SSSR count). The summed E-state index contributed by atoms with van der Waals surface area (Å²) in [6.45, 7) is 4.88. The first-order valence-corrected chi connectivity index (χ1v) is 11.3. The number of rotatable bonds is 7. The first-order chi connectivity index (χ1) is 15.6. The molecule has 178 valence electrons. The Morgan fingerprint density at radius 3 is 2.73 bits per heavy atom. The summed E-state index contributed by atoms with van der Waals surface area (Å²) in [4.78, 5) is 20.7. The maximum absolute atomic E-state index is 13.9. The number of likely N-dealkylation sites (tertiary alicyclic amines) is 1. The van der Waals surface area contributed by atoms with Crippen molar-refractivity contribution in [2.45, 2.75) is 38.2 Å². The molecule has 0 aromatic heterocycles. The van der Waals surface area contributed by atoms with Crippen molar-refractivity contribution in [1.82, 2.24) is 10.2 Å². The van der Waals surface area contributed by atoms with Gasteiger partial charge in [-0.25, -0.2) is 4.39 Å². The van der Waals surface area contributed by atoms with E-state index in [1.165, 1.54) is 11.6 Å². The van der Waals surface area contributed by atoms with Crippen LogP contribution in [-0.2, 0) is 4.79 Å². The van der Waals surface area contributed by atoms with Crippen LogP contribution in [-0.4, -0.2) is 56.1 Å². The first-order valence-electron chi connectivity index (χ1n) is 11.3. The Hall–Kier alpha value is -2.36. The number of ether oxygens (including phenoxy) is 1. The average molecular weight is 566 g/mol. The Bertz CT molecular complexity index is 986. The van der Waals surface area contributed by atoms with E-state index in [-0.39, 0.29) is 47.6 Å². The smallest absolute Gasteiger partial charge is 0.222 e. The van der Waals surface area contributed by atoms with Gasteiger partial charge in [0.05, 0.1) is 6.54 Å². The monoisotopic (exact) mass is 566 g/mol. The Balaban J connectivity index is 0.00000306. The number of hydrogen-bond acceptors (Lipinski definition) is 3. The lowest BCUT2D eigenvalue weighted by atomic mass is 9.98. The van der Waals surface area contributed by atoms with Gasteiger partial charge >= 0.3 is 0 Å². The zero-order valence-electron chi connectivity index (χ0n) is 19.2. The third kappa shape index (κ3) is 5.96. The van der Waals surface area contributed by atoms with Gasteiger partial charge in [0, 0.05) is 44.7 Å². The fourth-order valence-electron chi connectivity index (χ4n) is 4.52. The van der Waals surface area contributed by atoms with Crippen molar-refractivity contribution < 1.29 is 13.9 Å². The molecule has 33 heavy (non-hydrogen) atoms. The molecule has 1 N–H and O–H groups in total. The van der Waals surface area contributed by atoms with Crippen molar-refractivity contribution in [3.63, 3.8) is 0 Å². The number of halogens is 2. The highest BCUT2D eigenvalue weighted by molar-refractivity contribution is 14.0. The molecule has 0 spiro atoms. The van der Waals surface area contributed by atoms with E-state index >= 15 is 0 Å². The molecule has 2 heterocycles. The average Bonchev–Trinajstić information content (AvgIpc) is 3.38.